The highest BCUT2D eigenvalue weighted by atomic mass is 32.2. The number of hydrogen-bond donors (Lipinski definition) is 2. The molecule has 7 heteroatoms. The van der Waals surface area contributed by atoms with E-state index in [1.807, 2.05) is 31.3 Å². The van der Waals surface area contributed by atoms with Crippen LogP contribution in [0.4, 0.5) is 5.69 Å². The van der Waals surface area contributed by atoms with Gasteiger partial charge < -0.3 is 10.3 Å². The molecular formula is C17H22N4O2S. The predicted molar refractivity (Wildman–Crippen MR) is 98.7 cm³/mol. The third-order valence-electron chi connectivity index (χ3n) is 4.09. The lowest BCUT2D eigenvalue weighted by molar-refractivity contribution is 0.607. The third-order valence-corrected chi connectivity index (χ3v) is 4.70. The summed E-state index contributed by atoms with van der Waals surface area (Å²) in [5.41, 5.74) is 9.26. The van der Waals surface area contributed by atoms with Gasteiger partial charge in [0.05, 0.1) is 28.7 Å². The van der Waals surface area contributed by atoms with Crippen molar-refractivity contribution in [3.63, 3.8) is 0 Å². The molecule has 0 bridgehead atoms. The number of unbranched alkanes of at least 4 members (excludes halogenated alkanes) is 1. The van der Waals surface area contributed by atoms with Crippen LogP contribution in [0.5, 0.6) is 0 Å². The Bertz CT molecular complexity index is 993. The third kappa shape index (κ3) is 3.22. The molecule has 24 heavy (non-hydrogen) atoms. The summed E-state index contributed by atoms with van der Waals surface area (Å²) in [7, 11) is -3.31. The van der Waals surface area contributed by atoms with Gasteiger partial charge in [0, 0.05) is 23.5 Å². The van der Waals surface area contributed by atoms with E-state index in [0.29, 0.717) is 12.2 Å². The van der Waals surface area contributed by atoms with Gasteiger partial charge in [-0.05, 0) is 44.5 Å². The summed E-state index contributed by atoms with van der Waals surface area (Å²) < 4.78 is 27.8. The highest BCUT2D eigenvalue weighted by molar-refractivity contribution is 7.92. The summed E-state index contributed by atoms with van der Waals surface area (Å²) >= 11 is 0. The van der Waals surface area contributed by atoms with Crippen LogP contribution in [-0.2, 0) is 16.6 Å². The minimum Gasteiger partial charge on any atom is -0.339 e. The fraction of sp³-hybridized carbons (Fsp3) is 0.353. The Morgan fingerprint density at radius 1 is 1.21 bits per heavy atom. The van der Waals surface area contributed by atoms with E-state index in [4.69, 9.17) is 5.73 Å². The molecule has 0 radical (unpaired) electrons. The molecule has 0 spiro atoms. The molecule has 0 aliphatic rings. The largest absolute Gasteiger partial charge is 0.339 e. The van der Waals surface area contributed by atoms with Gasteiger partial charge in [-0.1, -0.05) is 6.07 Å². The second kappa shape index (κ2) is 6.41. The summed E-state index contributed by atoms with van der Waals surface area (Å²) in [4.78, 5) is 4.42. The molecule has 0 aliphatic carbocycles. The fourth-order valence-corrected chi connectivity index (χ4v) is 3.70. The Labute approximate surface area is 141 Å². The van der Waals surface area contributed by atoms with Gasteiger partial charge in [-0.2, -0.15) is 0 Å². The first-order valence-electron chi connectivity index (χ1n) is 7.96. The van der Waals surface area contributed by atoms with Gasteiger partial charge in [-0.3, -0.25) is 9.71 Å². The second-order valence-electron chi connectivity index (χ2n) is 6.05. The summed E-state index contributed by atoms with van der Waals surface area (Å²) in [5.74, 6) is 0. The van der Waals surface area contributed by atoms with Crippen molar-refractivity contribution in [3.05, 3.63) is 36.2 Å². The molecular weight excluding hydrogens is 324 g/mol. The number of hydrogen-bond acceptors (Lipinski definition) is 4. The summed E-state index contributed by atoms with van der Waals surface area (Å²) in [6, 6.07) is 7.65. The molecule has 3 rings (SSSR count). The van der Waals surface area contributed by atoms with Crippen LogP contribution in [0.2, 0.25) is 0 Å². The summed E-state index contributed by atoms with van der Waals surface area (Å²) in [6.07, 6.45) is 4.88. The van der Waals surface area contributed by atoms with E-state index in [-0.39, 0.29) is 0 Å². The van der Waals surface area contributed by atoms with Gasteiger partial charge >= 0.3 is 0 Å². The van der Waals surface area contributed by atoms with Crippen LogP contribution < -0.4 is 10.5 Å². The molecule has 0 aliphatic heterocycles. The Morgan fingerprint density at radius 2 is 2.00 bits per heavy atom. The summed E-state index contributed by atoms with van der Waals surface area (Å²) in [5, 5.41) is 2.23. The van der Waals surface area contributed by atoms with Crippen molar-refractivity contribution >= 4 is 37.5 Å². The topological polar surface area (TPSA) is 90.0 Å². The van der Waals surface area contributed by atoms with Crippen molar-refractivity contribution < 1.29 is 8.42 Å². The molecule has 3 aromatic rings. The van der Waals surface area contributed by atoms with Gasteiger partial charge in [0.2, 0.25) is 10.0 Å². The van der Waals surface area contributed by atoms with E-state index in [1.54, 1.807) is 6.07 Å². The number of anilines is 1. The Balaban J connectivity index is 2.21. The molecule has 3 N–H and O–H groups in total. The number of benzene rings is 1. The van der Waals surface area contributed by atoms with Crippen LogP contribution in [0, 0.1) is 6.92 Å². The fourth-order valence-electron chi connectivity index (χ4n) is 3.14. The maximum Gasteiger partial charge on any atom is 0.229 e. The number of pyridine rings is 1. The number of nitrogens with zero attached hydrogens (tertiary/aromatic N) is 2. The number of nitrogens with one attached hydrogen (secondary N) is 1. The zero-order valence-electron chi connectivity index (χ0n) is 13.9. The van der Waals surface area contributed by atoms with Crippen LogP contribution in [0.15, 0.2) is 30.5 Å². The highest BCUT2D eigenvalue weighted by Gasteiger charge is 2.14. The van der Waals surface area contributed by atoms with E-state index < -0.39 is 10.0 Å². The molecule has 2 aromatic heterocycles. The number of sulfonamides is 1. The lowest BCUT2D eigenvalue weighted by atomic mass is 10.1. The van der Waals surface area contributed by atoms with Crippen LogP contribution in [-0.4, -0.2) is 30.8 Å². The van der Waals surface area contributed by atoms with Crippen molar-refractivity contribution in [3.8, 4) is 0 Å². The first kappa shape index (κ1) is 16.7. The van der Waals surface area contributed by atoms with Gasteiger partial charge in [0.15, 0.2) is 0 Å². The number of rotatable bonds is 6. The van der Waals surface area contributed by atoms with Gasteiger partial charge in [-0.15, -0.1) is 0 Å². The predicted octanol–water partition coefficient (Wildman–Crippen LogP) is 2.61. The van der Waals surface area contributed by atoms with E-state index >= 15 is 0 Å². The number of aromatic nitrogens is 2. The molecule has 0 saturated heterocycles. The Morgan fingerprint density at radius 3 is 2.71 bits per heavy atom. The zero-order chi connectivity index (χ0) is 17.3. The highest BCUT2D eigenvalue weighted by Crippen LogP contribution is 2.32. The molecule has 0 amide bonds. The van der Waals surface area contributed by atoms with E-state index in [2.05, 4.69) is 14.3 Å². The normalized spacial score (nSPS) is 12.1. The van der Waals surface area contributed by atoms with Gasteiger partial charge in [0.1, 0.15) is 0 Å². The lowest BCUT2D eigenvalue weighted by Gasteiger charge is -2.09. The average molecular weight is 346 g/mol. The first-order valence-corrected chi connectivity index (χ1v) is 9.85. The first-order chi connectivity index (χ1) is 11.4. The molecule has 0 atom stereocenters. The van der Waals surface area contributed by atoms with Crippen LogP contribution in [0.1, 0.15) is 18.5 Å². The van der Waals surface area contributed by atoms with E-state index in [0.717, 1.165) is 53.1 Å². The number of nitrogens with two attached hydrogens (primary N) is 1. The van der Waals surface area contributed by atoms with Crippen molar-refractivity contribution in [1.82, 2.24) is 9.55 Å². The monoisotopic (exact) mass is 346 g/mol. The molecule has 0 saturated carbocycles. The molecule has 0 fully saturated rings. The lowest BCUT2D eigenvalue weighted by Crippen LogP contribution is -2.09. The maximum atomic E-state index is 11.5. The standard InChI is InChI=1S/C17H22N4O2S/c1-12-17-15(7-9-19-12)14-6-5-13(20-24(2,22)23)11-16(14)21(17)10-4-3-8-18/h5-7,9,11,20H,3-4,8,10,18H2,1-2H3. The molecule has 6 nitrogen and oxygen atoms in total. The molecule has 0 unspecified atom stereocenters. The van der Waals surface area contributed by atoms with Gasteiger partial charge in [0.25, 0.3) is 0 Å². The van der Waals surface area contributed by atoms with Crippen molar-refractivity contribution in [2.24, 2.45) is 5.73 Å². The zero-order valence-corrected chi connectivity index (χ0v) is 14.7. The van der Waals surface area contributed by atoms with Crippen LogP contribution in [0.3, 0.4) is 0 Å². The SMILES string of the molecule is Cc1nccc2c3ccc(NS(C)(=O)=O)cc3n(CCCCN)c12. The van der Waals surface area contributed by atoms with Crippen molar-refractivity contribution in [1.29, 1.82) is 0 Å². The summed E-state index contributed by atoms with van der Waals surface area (Å²) in [6.45, 7) is 3.48. The van der Waals surface area contributed by atoms with Crippen LogP contribution >= 0.6 is 0 Å². The van der Waals surface area contributed by atoms with E-state index in [9.17, 15) is 8.42 Å². The molecule has 1 aromatic carbocycles. The minimum absolute atomic E-state index is 0.568. The van der Waals surface area contributed by atoms with Gasteiger partial charge in [-0.25, -0.2) is 8.42 Å². The number of fused-ring (bicyclic) bond motifs is 3. The quantitative estimate of drug-likeness (QED) is 0.671. The molecule has 128 valence electrons. The van der Waals surface area contributed by atoms with E-state index in [1.165, 1.54) is 0 Å². The molecule has 2 heterocycles. The second-order valence-corrected chi connectivity index (χ2v) is 7.79. The van der Waals surface area contributed by atoms with Crippen LogP contribution in [0.25, 0.3) is 21.8 Å². The number of aryl methyl sites for hydroxylation is 2. The van der Waals surface area contributed by atoms with Crippen molar-refractivity contribution in [2.75, 3.05) is 17.5 Å². The van der Waals surface area contributed by atoms with Crippen molar-refractivity contribution in [2.45, 2.75) is 26.3 Å². The minimum atomic E-state index is -3.31. The maximum absolute atomic E-state index is 11.5. The Hall–Kier alpha value is -2.12. The Kier molecular flexibility index (Phi) is 4.47. The smallest absolute Gasteiger partial charge is 0.229 e. The average Bonchev–Trinajstić information content (AvgIpc) is 2.81.